The van der Waals surface area contributed by atoms with Gasteiger partial charge in [0.1, 0.15) is 0 Å². The van der Waals surface area contributed by atoms with Crippen LogP contribution in [0.2, 0.25) is 0 Å². The zero-order valence-electron chi connectivity index (χ0n) is 11.4. The average Bonchev–Trinajstić information content (AvgIpc) is 2.34. The molecule has 2 nitrogen and oxygen atoms in total. The Hall–Kier alpha value is -1.02. The lowest BCUT2D eigenvalue weighted by Crippen LogP contribution is -2.33. The number of aryl methyl sites for hydroxylation is 1. The fourth-order valence-electron chi connectivity index (χ4n) is 2.18. The number of nitrogens with zero attached hydrogens (tertiary/aromatic N) is 1. The molecule has 1 aromatic rings. The number of nitrogens with two attached hydrogens (primary N) is 1. The molecule has 0 spiro atoms. The smallest absolute Gasteiger partial charge is 0.0316 e. The van der Waals surface area contributed by atoms with Gasteiger partial charge in [0.05, 0.1) is 0 Å². The lowest BCUT2D eigenvalue weighted by molar-refractivity contribution is 0.212. The van der Waals surface area contributed by atoms with Crippen molar-refractivity contribution in [1.82, 2.24) is 4.90 Å². The van der Waals surface area contributed by atoms with E-state index >= 15 is 0 Å². The summed E-state index contributed by atoms with van der Waals surface area (Å²) in [5.74, 6) is 0. The summed E-state index contributed by atoms with van der Waals surface area (Å²) >= 11 is 0. The molecule has 1 unspecified atom stereocenters. The van der Waals surface area contributed by atoms with Crippen molar-refractivity contribution in [3.63, 3.8) is 0 Å². The predicted molar refractivity (Wildman–Crippen MR) is 76.2 cm³/mol. The normalized spacial score (nSPS) is 12.9. The highest BCUT2D eigenvalue weighted by Gasteiger charge is 2.08. The Labute approximate surface area is 106 Å². The van der Waals surface area contributed by atoms with E-state index in [9.17, 15) is 0 Å². The molecular weight excluding hydrogens is 208 g/mol. The molecule has 0 aromatic heterocycles. The van der Waals surface area contributed by atoms with E-state index in [0.717, 1.165) is 18.7 Å². The van der Waals surface area contributed by atoms with Crippen molar-refractivity contribution in [2.75, 3.05) is 18.8 Å². The molecule has 96 valence electrons. The molecule has 2 N–H and O–H groups in total. The van der Waals surface area contributed by atoms with Crippen LogP contribution < -0.4 is 5.73 Å². The van der Waals surface area contributed by atoms with Crippen molar-refractivity contribution in [2.24, 2.45) is 0 Å². The van der Waals surface area contributed by atoms with Crippen molar-refractivity contribution in [1.29, 1.82) is 0 Å². The Balaban J connectivity index is 2.36. The van der Waals surface area contributed by atoms with Gasteiger partial charge in [0.15, 0.2) is 0 Å². The number of nitrogen functional groups attached to an aromatic ring is 1. The first kappa shape index (κ1) is 14.0. The van der Waals surface area contributed by atoms with Gasteiger partial charge in [0.2, 0.25) is 0 Å². The Morgan fingerprint density at radius 3 is 2.65 bits per heavy atom. The molecule has 0 saturated heterocycles. The summed E-state index contributed by atoms with van der Waals surface area (Å²) in [6.07, 6.45) is 3.56. The monoisotopic (exact) mass is 234 g/mol. The molecule has 2 heteroatoms. The second-order valence-corrected chi connectivity index (χ2v) is 4.73. The van der Waals surface area contributed by atoms with Crippen molar-refractivity contribution in [3.05, 3.63) is 29.8 Å². The molecule has 1 rings (SSSR count). The Morgan fingerprint density at radius 2 is 2.06 bits per heavy atom. The molecule has 0 heterocycles. The van der Waals surface area contributed by atoms with Gasteiger partial charge in [-0.25, -0.2) is 0 Å². The number of anilines is 1. The fourth-order valence-corrected chi connectivity index (χ4v) is 2.18. The summed E-state index contributed by atoms with van der Waals surface area (Å²) in [7, 11) is 0. The largest absolute Gasteiger partial charge is 0.399 e. The number of rotatable bonds is 7. The zero-order chi connectivity index (χ0) is 12.7. The van der Waals surface area contributed by atoms with Crippen LogP contribution in [0.3, 0.4) is 0 Å². The molecule has 1 atom stereocenters. The molecule has 0 fully saturated rings. The first-order valence-corrected chi connectivity index (χ1v) is 6.75. The third-order valence-corrected chi connectivity index (χ3v) is 3.48. The fraction of sp³-hybridized carbons (Fsp3) is 0.600. The van der Waals surface area contributed by atoms with Gasteiger partial charge in [-0.1, -0.05) is 26.0 Å². The summed E-state index contributed by atoms with van der Waals surface area (Å²) in [4.78, 5) is 2.55. The standard InChI is InChI=1S/C15H26N2/c1-4-13(3)17(5-2)11-7-9-14-8-6-10-15(16)12-14/h6,8,10,12-13H,4-5,7,9,11,16H2,1-3H3. The number of hydrogen-bond donors (Lipinski definition) is 1. The average molecular weight is 234 g/mol. The third-order valence-electron chi connectivity index (χ3n) is 3.48. The van der Waals surface area contributed by atoms with Crippen molar-refractivity contribution in [2.45, 2.75) is 46.1 Å². The molecule has 0 aliphatic rings. The van der Waals surface area contributed by atoms with Crippen molar-refractivity contribution >= 4 is 5.69 Å². The minimum atomic E-state index is 0.695. The van der Waals surface area contributed by atoms with E-state index in [1.165, 1.54) is 24.9 Å². The second kappa shape index (κ2) is 7.33. The molecular formula is C15H26N2. The van der Waals surface area contributed by atoms with Crippen LogP contribution in [0, 0.1) is 0 Å². The maximum Gasteiger partial charge on any atom is 0.0316 e. The lowest BCUT2D eigenvalue weighted by Gasteiger charge is -2.26. The SMILES string of the molecule is CCC(C)N(CC)CCCc1cccc(N)c1. The number of hydrogen-bond acceptors (Lipinski definition) is 2. The molecule has 0 saturated carbocycles. The summed E-state index contributed by atoms with van der Waals surface area (Å²) in [6.45, 7) is 9.13. The summed E-state index contributed by atoms with van der Waals surface area (Å²) < 4.78 is 0. The van der Waals surface area contributed by atoms with Gasteiger partial charge in [-0.3, -0.25) is 0 Å². The predicted octanol–water partition coefficient (Wildman–Crippen LogP) is 3.32. The van der Waals surface area contributed by atoms with Crippen LogP contribution >= 0.6 is 0 Å². The van der Waals surface area contributed by atoms with Gasteiger partial charge in [0.25, 0.3) is 0 Å². The van der Waals surface area contributed by atoms with Crippen LogP contribution in [0.15, 0.2) is 24.3 Å². The quantitative estimate of drug-likeness (QED) is 0.733. The Morgan fingerprint density at radius 1 is 1.29 bits per heavy atom. The highest BCUT2D eigenvalue weighted by molar-refractivity contribution is 5.40. The minimum Gasteiger partial charge on any atom is -0.399 e. The number of benzene rings is 1. The van der Waals surface area contributed by atoms with Crippen molar-refractivity contribution in [3.8, 4) is 0 Å². The molecule has 1 aromatic carbocycles. The van der Waals surface area contributed by atoms with Crippen LogP contribution in [0.25, 0.3) is 0 Å². The maximum atomic E-state index is 5.78. The Kier molecular flexibility index (Phi) is 6.06. The molecule has 17 heavy (non-hydrogen) atoms. The minimum absolute atomic E-state index is 0.695. The van der Waals surface area contributed by atoms with Crippen molar-refractivity contribution < 1.29 is 0 Å². The summed E-state index contributed by atoms with van der Waals surface area (Å²) in [5, 5.41) is 0. The molecule has 0 amide bonds. The zero-order valence-corrected chi connectivity index (χ0v) is 11.4. The van der Waals surface area contributed by atoms with E-state index in [2.05, 4.69) is 37.8 Å². The van der Waals surface area contributed by atoms with E-state index in [1.807, 2.05) is 12.1 Å². The van der Waals surface area contributed by atoms with Gasteiger partial charge < -0.3 is 10.6 Å². The first-order valence-electron chi connectivity index (χ1n) is 6.75. The van der Waals surface area contributed by atoms with Crippen LogP contribution in [-0.2, 0) is 6.42 Å². The van der Waals surface area contributed by atoms with Crippen LogP contribution in [-0.4, -0.2) is 24.0 Å². The van der Waals surface area contributed by atoms with E-state index in [-0.39, 0.29) is 0 Å². The van der Waals surface area contributed by atoms with E-state index in [0.29, 0.717) is 6.04 Å². The highest BCUT2D eigenvalue weighted by Crippen LogP contribution is 2.10. The van der Waals surface area contributed by atoms with Gasteiger partial charge >= 0.3 is 0 Å². The molecule has 0 aliphatic carbocycles. The summed E-state index contributed by atoms with van der Waals surface area (Å²) in [6, 6.07) is 8.92. The maximum absolute atomic E-state index is 5.78. The van der Waals surface area contributed by atoms with Gasteiger partial charge in [-0.15, -0.1) is 0 Å². The highest BCUT2D eigenvalue weighted by atomic mass is 15.1. The van der Waals surface area contributed by atoms with Gasteiger partial charge in [-0.05, 0) is 57.0 Å². The van der Waals surface area contributed by atoms with Crippen LogP contribution in [0.5, 0.6) is 0 Å². The Bertz CT molecular complexity index is 322. The van der Waals surface area contributed by atoms with Gasteiger partial charge in [-0.2, -0.15) is 0 Å². The molecule has 0 bridgehead atoms. The molecule has 0 aliphatic heterocycles. The van der Waals surface area contributed by atoms with Gasteiger partial charge in [0, 0.05) is 11.7 Å². The van der Waals surface area contributed by atoms with Crippen LogP contribution in [0.1, 0.15) is 39.2 Å². The van der Waals surface area contributed by atoms with E-state index in [4.69, 9.17) is 5.73 Å². The van der Waals surface area contributed by atoms with E-state index in [1.54, 1.807) is 0 Å². The lowest BCUT2D eigenvalue weighted by atomic mass is 10.1. The topological polar surface area (TPSA) is 29.3 Å². The third kappa shape index (κ3) is 4.78. The van der Waals surface area contributed by atoms with E-state index < -0.39 is 0 Å². The second-order valence-electron chi connectivity index (χ2n) is 4.73. The molecule has 0 radical (unpaired) electrons. The van der Waals surface area contributed by atoms with Crippen LogP contribution in [0.4, 0.5) is 5.69 Å². The first-order chi connectivity index (χ1) is 8.17. The summed E-state index contributed by atoms with van der Waals surface area (Å²) in [5.41, 5.74) is 8.00.